The summed E-state index contributed by atoms with van der Waals surface area (Å²) < 4.78 is 37.7. The lowest BCUT2D eigenvalue weighted by atomic mass is 10.1. The van der Waals surface area contributed by atoms with Gasteiger partial charge in [-0.1, -0.05) is 0 Å². The first-order chi connectivity index (χ1) is 11.5. The zero-order chi connectivity index (χ0) is 17.2. The summed E-state index contributed by atoms with van der Waals surface area (Å²) in [6.45, 7) is 2.43. The van der Waals surface area contributed by atoms with E-state index in [2.05, 4.69) is 25.5 Å². The molecule has 3 rings (SSSR count). The van der Waals surface area contributed by atoms with Gasteiger partial charge in [0, 0.05) is 37.6 Å². The molecule has 9 heteroatoms. The number of thiazole rings is 1. The lowest BCUT2D eigenvalue weighted by Crippen LogP contribution is -2.48. The van der Waals surface area contributed by atoms with Crippen molar-refractivity contribution in [1.82, 2.24) is 20.5 Å². The highest BCUT2D eigenvalue weighted by Crippen LogP contribution is 2.30. The predicted octanol–water partition coefficient (Wildman–Crippen LogP) is 2.45. The number of rotatable bonds is 4. The largest absolute Gasteiger partial charge is 0.434 e. The molecule has 1 aliphatic heterocycles. The van der Waals surface area contributed by atoms with E-state index in [1.165, 1.54) is 12.8 Å². The number of likely N-dealkylation sites (tertiary alicyclic amines) is 1. The van der Waals surface area contributed by atoms with E-state index in [4.69, 9.17) is 0 Å². The lowest BCUT2D eigenvalue weighted by Gasteiger charge is -2.33. The van der Waals surface area contributed by atoms with Crippen LogP contribution in [-0.4, -0.2) is 48.1 Å². The van der Waals surface area contributed by atoms with Crippen molar-refractivity contribution in [1.29, 1.82) is 0 Å². The maximum absolute atomic E-state index is 12.6. The zero-order valence-electron chi connectivity index (χ0n) is 13.6. The van der Waals surface area contributed by atoms with E-state index >= 15 is 0 Å². The van der Waals surface area contributed by atoms with Crippen LogP contribution in [0.2, 0.25) is 0 Å². The smallest absolute Gasteiger partial charge is 0.354 e. The Bertz CT molecular complexity index is 574. The van der Waals surface area contributed by atoms with Gasteiger partial charge in [0.25, 0.3) is 0 Å². The average Bonchev–Trinajstić information content (AvgIpc) is 3.28. The number of alkyl halides is 3. The SMILES string of the molecule is CN=C(NCc1nc(C(F)(F)F)cs1)NC1CCN(C2CC2)CC1. The van der Waals surface area contributed by atoms with Crippen LogP contribution in [0.15, 0.2) is 10.4 Å². The number of halogens is 3. The Balaban J connectivity index is 1.44. The van der Waals surface area contributed by atoms with E-state index in [9.17, 15) is 13.2 Å². The Morgan fingerprint density at radius 2 is 2.04 bits per heavy atom. The van der Waals surface area contributed by atoms with Gasteiger partial charge in [0.2, 0.25) is 0 Å². The number of nitrogens with one attached hydrogen (secondary N) is 2. The molecule has 0 unspecified atom stereocenters. The minimum absolute atomic E-state index is 0.237. The van der Waals surface area contributed by atoms with Crippen molar-refractivity contribution in [2.75, 3.05) is 20.1 Å². The monoisotopic (exact) mass is 361 g/mol. The van der Waals surface area contributed by atoms with Gasteiger partial charge in [-0.05, 0) is 25.7 Å². The van der Waals surface area contributed by atoms with E-state index in [1.807, 2.05) is 0 Å². The van der Waals surface area contributed by atoms with E-state index in [-0.39, 0.29) is 6.54 Å². The Morgan fingerprint density at radius 1 is 1.33 bits per heavy atom. The van der Waals surface area contributed by atoms with Crippen LogP contribution in [0.3, 0.4) is 0 Å². The molecule has 5 nitrogen and oxygen atoms in total. The number of piperidine rings is 1. The van der Waals surface area contributed by atoms with E-state index in [1.54, 1.807) is 7.05 Å². The summed E-state index contributed by atoms with van der Waals surface area (Å²) in [5.41, 5.74) is -0.834. The minimum Gasteiger partial charge on any atom is -0.354 e. The van der Waals surface area contributed by atoms with E-state index in [0.29, 0.717) is 17.0 Å². The minimum atomic E-state index is -4.38. The predicted molar refractivity (Wildman–Crippen MR) is 88.1 cm³/mol. The van der Waals surface area contributed by atoms with Gasteiger partial charge >= 0.3 is 6.18 Å². The molecule has 2 N–H and O–H groups in total. The maximum atomic E-state index is 12.6. The third-order valence-corrected chi connectivity index (χ3v) is 5.26. The summed E-state index contributed by atoms with van der Waals surface area (Å²) in [4.78, 5) is 10.3. The standard InChI is InChI=1S/C15H22F3N5S/c1-19-14(20-8-13-22-12(9-24-13)15(16,17)18)21-10-4-6-23(7-5-10)11-2-3-11/h9-11H,2-8H2,1H3,(H2,19,20,21). The molecule has 0 spiro atoms. The molecule has 2 heterocycles. The summed E-state index contributed by atoms with van der Waals surface area (Å²) in [7, 11) is 1.66. The zero-order valence-corrected chi connectivity index (χ0v) is 14.4. The second kappa shape index (κ2) is 7.26. The molecule has 1 saturated heterocycles. The molecule has 2 fully saturated rings. The van der Waals surface area contributed by atoms with Gasteiger partial charge in [0.05, 0.1) is 6.54 Å². The molecule has 134 valence electrons. The summed E-state index contributed by atoms with van der Waals surface area (Å²) in [6, 6.07) is 1.16. The van der Waals surface area contributed by atoms with Gasteiger partial charge in [-0.25, -0.2) is 4.98 Å². The molecule has 2 aliphatic rings. The number of hydrogen-bond acceptors (Lipinski definition) is 4. The van der Waals surface area contributed by atoms with Gasteiger partial charge < -0.3 is 15.5 Å². The van der Waals surface area contributed by atoms with Crippen molar-refractivity contribution in [3.63, 3.8) is 0 Å². The Morgan fingerprint density at radius 3 is 2.58 bits per heavy atom. The normalized spacial score (nSPS) is 21.1. The molecule has 24 heavy (non-hydrogen) atoms. The van der Waals surface area contributed by atoms with Crippen molar-refractivity contribution >= 4 is 17.3 Å². The fraction of sp³-hybridized carbons (Fsp3) is 0.733. The van der Waals surface area contributed by atoms with Crippen LogP contribution in [0.1, 0.15) is 36.4 Å². The molecule has 0 radical (unpaired) electrons. The van der Waals surface area contributed by atoms with Crippen LogP contribution in [0.4, 0.5) is 13.2 Å². The molecular weight excluding hydrogens is 339 g/mol. The van der Waals surface area contributed by atoms with Crippen LogP contribution in [0.25, 0.3) is 0 Å². The summed E-state index contributed by atoms with van der Waals surface area (Å²) in [5.74, 6) is 0.614. The fourth-order valence-electron chi connectivity index (χ4n) is 2.92. The Hall–Kier alpha value is -1.35. The van der Waals surface area contributed by atoms with Gasteiger partial charge in [-0.15, -0.1) is 11.3 Å². The second-order valence-electron chi connectivity index (χ2n) is 6.24. The highest BCUT2D eigenvalue weighted by molar-refractivity contribution is 7.09. The van der Waals surface area contributed by atoms with E-state index < -0.39 is 11.9 Å². The third-order valence-electron chi connectivity index (χ3n) is 4.41. The first-order valence-electron chi connectivity index (χ1n) is 8.18. The van der Waals surface area contributed by atoms with Gasteiger partial charge in [-0.3, -0.25) is 4.99 Å². The Kier molecular flexibility index (Phi) is 5.29. The molecule has 0 atom stereocenters. The molecule has 0 amide bonds. The van der Waals surface area contributed by atoms with Crippen molar-refractivity contribution in [2.24, 2.45) is 4.99 Å². The maximum Gasteiger partial charge on any atom is 0.434 e. The average molecular weight is 361 g/mol. The first kappa shape index (κ1) is 17.5. The van der Waals surface area contributed by atoms with Crippen molar-refractivity contribution in [3.8, 4) is 0 Å². The van der Waals surface area contributed by atoms with Crippen molar-refractivity contribution in [3.05, 3.63) is 16.1 Å². The van der Waals surface area contributed by atoms with Crippen LogP contribution >= 0.6 is 11.3 Å². The molecule has 0 aromatic carbocycles. The summed E-state index contributed by atoms with van der Waals surface area (Å²) >= 11 is 1.00. The fourth-order valence-corrected chi connectivity index (χ4v) is 3.66. The lowest BCUT2D eigenvalue weighted by molar-refractivity contribution is -0.140. The van der Waals surface area contributed by atoms with Gasteiger partial charge in [-0.2, -0.15) is 13.2 Å². The van der Waals surface area contributed by atoms with Gasteiger partial charge in [0.15, 0.2) is 11.7 Å². The van der Waals surface area contributed by atoms with Crippen LogP contribution in [-0.2, 0) is 12.7 Å². The number of aromatic nitrogens is 1. The third kappa shape index (κ3) is 4.60. The van der Waals surface area contributed by atoms with Crippen molar-refractivity contribution < 1.29 is 13.2 Å². The first-order valence-corrected chi connectivity index (χ1v) is 9.06. The van der Waals surface area contributed by atoms with E-state index in [0.717, 1.165) is 48.7 Å². The number of guanidine groups is 1. The summed E-state index contributed by atoms with van der Waals surface area (Å²) in [6.07, 6.45) is 0.396. The second-order valence-corrected chi connectivity index (χ2v) is 7.18. The molecule has 1 aliphatic carbocycles. The molecular formula is C15H22F3N5S. The van der Waals surface area contributed by atoms with Crippen LogP contribution in [0, 0.1) is 0 Å². The summed E-state index contributed by atoms with van der Waals surface area (Å²) in [5, 5.41) is 7.85. The van der Waals surface area contributed by atoms with Crippen LogP contribution < -0.4 is 10.6 Å². The quantitative estimate of drug-likeness (QED) is 0.639. The highest BCUT2D eigenvalue weighted by atomic mass is 32.1. The molecule has 0 bridgehead atoms. The number of nitrogens with zero attached hydrogens (tertiary/aromatic N) is 3. The van der Waals surface area contributed by atoms with Crippen LogP contribution in [0.5, 0.6) is 0 Å². The topological polar surface area (TPSA) is 52.6 Å². The Labute approximate surface area is 143 Å². The molecule has 1 aromatic heterocycles. The molecule has 1 aromatic rings. The van der Waals surface area contributed by atoms with Gasteiger partial charge in [0.1, 0.15) is 5.01 Å². The number of aliphatic imine (C=N–C) groups is 1. The number of hydrogen-bond donors (Lipinski definition) is 2. The van der Waals surface area contributed by atoms with Crippen molar-refractivity contribution in [2.45, 2.75) is 50.5 Å². The highest BCUT2D eigenvalue weighted by Gasteiger charge is 2.34. The molecule has 1 saturated carbocycles.